The predicted molar refractivity (Wildman–Crippen MR) is 100 cm³/mol. The van der Waals surface area contributed by atoms with Crippen molar-refractivity contribution >= 4 is 40.8 Å². The van der Waals surface area contributed by atoms with Gasteiger partial charge in [-0.3, -0.25) is 19.0 Å². The zero-order chi connectivity index (χ0) is 19.4. The molecule has 0 saturated carbocycles. The minimum atomic E-state index is -0.925. The third-order valence-electron chi connectivity index (χ3n) is 3.67. The molecule has 0 bridgehead atoms. The molecule has 140 valence electrons. The quantitative estimate of drug-likeness (QED) is 0.625. The predicted octanol–water partition coefficient (Wildman–Crippen LogP) is 3.16. The lowest BCUT2D eigenvalue weighted by molar-refractivity contribution is -0.137. The van der Waals surface area contributed by atoms with E-state index in [-0.39, 0.29) is 18.9 Å². The van der Waals surface area contributed by atoms with Crippen LogP contribution in [0.25, 0.3) is 0 Å². The van der Waals surface area contributed by atoms with Gasteiger partial charge >= 0.3 is 5.97 Å². The molecule has 3 rings (SSSR count). The first-order chi connectivity index (χ1) is 12.9. The lowest BCUT2D eigenvalue weighted by atomic mass is 10.2. The molecule has 8 nitrogen and oxygen atoms in total. The van der Waals surface area contributed by atoms with Crippen LogP contribution in [0.2, 0.25) is 10.0 Å². The number of hydrogen-bond acceptors (Lipinski definition) is 4. The fourth-order valence-electron chi connectivity index (χ4n) is 2.36. The molecule has 0 aliphatic heterocycles. The van der Waals surface area contributed by atoms with Crippen molar-refractivity contribution in [3.63, 3.8) is 0 Å². The van der Waals surface area contributed by atoms with E-state index < -0.39 is 5.97 Å². The van der Waals surface area contributed by atoms with Gasteiger partial charge in [-0.05, 0) is 17.7 Å². The number of aryl methyl sites for hydroxylation is 1. The van der Waals surface area contributed by atoms with Crippen LogP contribution < -0.4 is 5.32 Å². The molecule has 0 fully saturated rings. The third kappa shape index (κ3) is 5.08. The van der Waals surface area contributed by atoms with Gasteiger partial charge < -0.3 is 10.4 Å². The van der Waals surface area contributed by atoms with E-state index in [0.29, 0.717) is 27.8 Å². The van der Waals surface area contributed by atoms with E-state index in [2.05, 4.69) is 15.5 Å². The maximum Gasteiger partial charge on any atom is 0.305 e. The van der Waals surface area contributed by atoms with Crippen molar-refractivity contribution in [3.8, 4) is 0 Å². The number of carboxylic acid groups (broad SMARTS) is 1. The summed E-state index contributed by atoms with van der Waals surface area (Å²) in [7, 11) is 0. The van der Waals surface area contributed by atoms with Crippen LogP contribution >= 0.6 is 23.2 Å². The van der Waals surface area contributed by atoms with Crippen molar-refractivity contribution < 1.29 is 14.7 Å². The topological polar surface area (TPSA) is 102 Å². The molecule has 27 heavy (non-hydrogen) atoms. The second-order valence-electron chi connectivity index (χ2n) is 5.76. The van der Waals surface area contributed by atoms with Crippen LogP contribution in [0, 0.1) is 0 Å². The highest BCUT2D eigenvalue weighted by Gasteiger charge is 2.11. The Morgan fingerprint density at radius 1 is 1.07 bits per heavy atom. The fraction of sp³-hybridized carbons (Fsp3) is 0.176. The Labute approximate surface area is 164 Å². The van der Waals surface area contributed by atoms with Gasteiger partial charge in [0.15, 0.2) is 0 Å². The number of nitrogens with one attached hydrogen (secondary N) is 1. The van der Waals surface area contributed by atoms with Crippen LogP contribution in [0.15, 0.2) is 43.0 Å². The summed E-state index contributed by atoms with van der Waals surface area (Å²) in [4.78, 5) is 22.8. The molecule has 0 aliphatic carbocycles. The van der Waals surface area contributed by atoms with Crippen molar-refractivity contribution in [2.24, 2.45) is 0 Å². The average molecular weight is 408 g/mol. The zero-order valence-electron chi connectivity index (χ0n) is 14.0. The number of anilines is 1. The Kier molecular flexibility index (Phi) is 5.78. The van der Waals surface area contributed by atoms with Crippen molar-refractivity contribution in [1.29, 1.82) is 0 Å². The first-order valence-electron chi connectivity index (χ1n) is 7.92. The van der Waals surface area contributed by atoms with Crippen LogP contribution in [0.3, 0.4) is 0 Å². The number of rotatable bonds is 7. The summed E-state index contributed by atoms with van der Waals surface area (Å²) >= 11 is 11.9. The molecule has 0 unspecified atom stereocenters. The summed E-state index contributed by atoms with van der Waals surface area (Å²) in [5, 5.41) is 20.5. The Balaban J connectivity index is 1.60. The van der Waals surface area contributed by atoms with Crippen LogP contribution in [0.4, 0.5) is 5.69 Å². The standard InChI is InChI=1S/C17H15Cl2N5O3/c18-14-2-1-11(5-15(14)19)8-24-10-13(7-21-24)22-17(27)12-6-20-23(9-12)4-3-16(25)26/h1-2,5-7,9-10H,3-4,8H2,(H,22,27)(H,25,26). The Morgan fingerprint density at radius 3 is 2.59 bits per heavy atom. The molecule has 2 aromatic heterocycles. The van der Waals surface area contributed by atoms with Crippen molar-refractivity contribution in [2.75, 3.05) is 5.32 Å². The van der Waals surface area contributed by atoms with Gasteiger partial charge in [0.1, 0.15) is 0 Å². The molecular weight excluding hydrogens is 393 g/mol. The smallest absolute Gasteiger partial charge is 0.305 e. The number of carbonyl (C=O) groups excluding carboxylic acids is 1. The number of amides is 1. The Morgan fingerprint density at radius 2 is 1.85 bits per heavy atom. The first-order valence-corrected chi connectivity index (χ1v) is 8.68. The van der Waals surface area contributed by atoms with Gasteiger partial charge in [0.2, 0.25) is 0 Å². The highest BCUT2D eigenvalue weighted by molar-refractivity contribution is 6.42. The van der Waals surface area contributed by atoms with Crippen LogP contribution in [-0.2, 0) is 17.9 Å². The maximum absolute atomic E-state index is 12.3. The number of carbonyl (C=O) groups is 2. The number of halogens is 2. The van der Waals surface area contributed by atoms with Crippen molar-refractivity contribution in [3.05, 3.63) is 64.2 Å². The highest BCUT2D eigenvalue weighted by atomic mass is 35.5. The fourth-order valence-corrected chi connectivity index (χ4v) is 2.68. The van der Waals surface area contributed by atoms with Crippen molar-refractivity contribution in [2.45, 2.75) is 19.5 Å². The number of benzene rings is 1. The first kappa shape index (κ1) is 18.9. The molecule has 0 saturated heterocycles. The molecular formula is C17H15Cl2N5O3. The average Bonchev–Trinajstić information content (AvgIpc) is 3.26. The maximum atomic E-state index is 12.3. The molecule has 2 N–H and O–H groups in total. The van der Waals surface area contributed by atoms with Crippen LogP contribution in [-0.4, -0.2) is 36.5 Å². The van der Waals surface area contributed by atoms with Gasteiger partial charge in [-0.1, -0.05) is 29.3 Å². The van der Waals surface area contributed by atoms with E-state index in [1.54, 1.807) is 23.0 Å². The Bertz CT molecular complexity index is 983. The molecule has 1 amide bonds. The SMILES string of the molecule is O=C(O)CCn1cc(C(=O)Nc2cnn(Cc3ccc(Cl)c(Cl)c3)c2)cn1. The molecule has 0 aliphatic rings. The molecule has 0 radical (unpaired) electrons. The molecule has 2 heterocycles. The van der Waals surface area contributed by atoms with Gasteiger partial charge in [-0.15, -0.1) is 0 Å². The number of nitrogens with zero attached hydrogens (tertiary/aromatic N) is 4. The molecule has 3 aromatic rings. The minimum absolute atomic E-state index is 0.0653. The highest BCUT2D eigenvalue weighted by Crippen LogP contribution is 2.23. The van der Waals surface area contributed by atoms with E-state index in [4.69, 9.17) is 28.3 Å². The van der Waals surface area contributed by atoms with Crippen molar-refractivity contribution in [1.82, 2.24) is 19.6 Å². The molecule has 10 heteroatoms. The van der Waals surface area contributed by atoms with Gasteiger partial charge in [0, 0.05) is 12.4 Å². The lowest BCUT2D eigenvalue weighted by Crippen LogP contribution is -2.11. The van der Waals surface area contributed by atoms with Gasteiger partial charge in [0.25, 0.3) is 5.91 Å². The number of hydrogen-bond donors (Lipinski definition) is 2. The lowest BCUT2D eigenvalue weighted by Gasteiger charge is -2.03. The second-order valence-corrected chi connectivity index (χ2v) is 6.58. The van der Waals surface area contributed by atoms with E-state index in [1.807, 2.05) is 6.07 Å². The molecule has 0 atom stereocenters. The number of aliphatic carboxylic acids is 1. The van der Waals surface area contributed by atoms with E-state index >= 15 is 0 Å². The summed E-state index contributed by atoms with van der Waals surface area (Å²) < 4.78 is 3.07. The Hall–Kier alpha value is -2.84. The van der Waals surface area contributed by atoms with Gasteiger partial charge in [-0.25, -0.2) is 0 Å². The van der Waals surface area contributed by atoms with E-state index in [1.165, 1.54) is 23.3 Å². The summed E-state index contributed by atoms with van der Waals surface area (Å²) in [6.45, 7) is 0.671. The molecule has 1 aromatic carbocycles. The summed E-state index contributed by atoms with van der Waals surface area (Å²) in [5.74, 6) is -1.28. The normalized spacial score (nSPS) is 10.7. The van der Waals surface area contributed by atoms with E-state index in [0.717, 1.165) is 5.56 Å². The van der Waals surface area contributed by atoms with Gasteiger partial charge in [0.05, 0.1) is 53.2 Å². The van der Waals surface area contributed by atoms with E-state index in [9.17, 15) is 9.59 Å². The summed E-state index contributed by atoms with van der Waals surface area (Å²) in [5.41, 5.74) is 1.78. The summed E-state index contributed by atoms with van der Waals surface area (Å²) in [6.07, 6.45) is 6.04. The van der Waals surface area contributed by atoms with Gasteiger partial charge in [-0.2, -0.15) is 10.2 Å². The molecule has 0 spiro atoms. The number of aromatic nitrogens is 4. The second kappa shape index (κ2) is 8.24. The van der Waals surface area contributed by atoms with Crippen LogP contribution in [0.1, 0.15) is 22.3 Å². The largest absolute Gasteiger partial charge is 0.481 e. The minimum Gasteiger partial charge on any atom is -0.481 e. The third-order valence-corrected chi connectivity index (χ3v) is 4.41. The monoisotopic (exact) mass is 407 g/mol. The number of carboxylic acids is 1. The zero-order valence-corrected chi connectivity index (χ0v) is 15.5. The van der Waals surface area contributed by atoms with Crippen LogP contribution in [0.5, 0.6) is 0 Å². The summed E-state index contributed by atoms with van der Waals surface area (Å²) in [6, 6.07) is 5.32.